The summed E-state index contributed by atoms with van der Waals surface area (Å²) in [6, 6.07) is 14.9. The quantitative estimate of drug-likeness (QED) is 0.410. The largest absolute Gasteiger partial charge is 0.462 e. The van der Waals surface area contributed by atoms with Gasteiger partial charge in [-0.2, -0.15) is 0 Å². The van der Waals surface area contributed by atoms with E-state index in [-0.39, 0.29) is 12.3 Å². The number of hydrogen-bond acceptors (Lipinski definition) is 7. The highest BCUT2D eigenvalue weighted by atomic mass is 32.1. The fourth-order valence-corrected chi connectivity index (χ4v) is 4.40. The number of benzene rings is 1. The van der Waals surface area contributed by atoms with E-state index in [1.54, 1.807) is 13.0 Å². The maximum atomic E-state index is 12.7. The second kappa shape index (κ2) is 8.42. The Morgan fingerprint density at radius 3 is 2.69 bits per heavy atom. The molecule has 3 heterocycles. The molecule has 0 saturated carbocycles. The molecular formula is C21H16N2O4S2. The number of thiophene rings is 2. The van der Waals surface area contributed by atoms with E-state index in [9.17, 15) is 9.59 Å². The van der Waals surface area contributed by atoms with Crippen LogP contribution in [0.5, 0.6) is 0 Å². The Balaban J connectivity index is 1.64. The molecule has 0 aliphatic rings. The minimum atomic E-state index is -0.484. The number of carbonyl (C=O) groups is 2. The normalized spacial score (nSPS) is 10.7. The van der Waals surface area contributed by atoms with Gasteiger partial charge in [0.25, 0.3) is 5.91 Å². The topological polar surface area (TPSA) is 81.4 Å². The summed E-state index contributed by atoms with van der Waals surface area (Å²) in [7, 11) is 0. The first-order chi connectivity index (χ1) is 14.2. The van der Waals surface area contributed by atoms with Crippen LogP contribution in [0.4, 0.5) is 5.00 Å². The van der Waals surface area contributed by atoms with Gasteiger partial charge in [0.2, 0.25) is 0 Å². The van der Waals surface area contributed by atoms with Crippen LogP contribution < -0.4 is 5.32 Å². The van der Waals surface area contributed by atoms with Crippen molar-refractivity contribution >= 4 is 39.6 Å². The Bertz CT molecular complexity index is 1130. The molecule has 0 aliphatic carbocycles. The molecule has 8 heteroatoms. The fraction of sp³-hybridized carbons (Fsp3) is 0.0952. The van der Waals surface area contributed by atoms with E-state index in [0.717, 1.165) is 10.4 Å². The lowest BCUT2D eigenvalue weighted by atomic mass is 10.0. The average molecular weight is 425 g/mol. The van der Waals surface area contributed by atoms with Crippen molar-refractivity contribution < 1.29 is 18.8 Å². The zero-order chi connectivity index (χ0) is 20.2. The van der Waals surface area contributed by atoms with Crippen LogP contribution >= 0.6 is 22.7 Å². The highest BCUT2D eigenvalue weighted by molar-refractivity contribution is 7.15. The molecule has 0 saturated heterocycles. The minimum absolute atomic E-state index is 0.137. The summed E-state index contributed by atoms with van der Waals surface area (Å²) in [4.78, 5) is 26.2. The van der Waals surface area contributed by atoms with Crippen LogP contribution in [0, 0.1) is 0 Å². The predicted molar refractivity (Wildman–Crippen MR) is 113 cm³/mol. The lowest BCUT2D eigenvalue weighted by Crippen LogP contribution is -2.15. The van der Waals surface area contributed by atoms with Crippen molar-refractivity contribution in [1.29, 1.82) is 0 Å². The van der Waals surface area contributed by atoms with Crippen LogP contribution in [-0.4, -0.2) is 23.6 Å². The van der Waals surface area contributed by atoms with E-state index in [0.29, 0.717) is 21.9 Å². The molecule has 6 nitrogen and oxygen atoms in total. The minimum Gasteiger partial charge on any atom is -0.462 e. The number of hydrogen-bond donors (Lipinski definition) is 1. The molecule has 146 valence electrons. The van der Waals surface area contributed by atoms with Crippen molar-refractivity contribution in [2.24, 2.45) is 0 Å². The predicted octanol–water partition coefficient (Wildman–Crippen LogP) is 5.56. The number of nitrogens with one attached hydrogen (secondary N) is 1. The first-order valence-corrected chi connectivity index (χ1v) is 10.6. The maximum Gasteiger partial charge on any atom is 0.341 e. The average Bonchev–Trinajstić information content (AvgIpc) is 3.48. The molecule has 0 bridgehead atoms. The molecule has 0 radical (unpaired) electrons. The first-order valence-electron chi connectivity index (χ1n) is 8.83. The SMILES string of the molecule is CCOC(=O)c1c(-c2ccccc2)csc1NC(=O)c1cc(-c2cccs2)on1. The number of amides is 1. The zero-order valence-corrected chi connectivity index (χ0v) is 17.0. The van der Waals surface area contributed by atoms with Gasteiger partial charge in [0.15, 0.2) is 11.5 Å². The fourth-order valence-electron chi connectivity index (χ4n) is 2.77. The van der Waals surface area contributed by atoms with Gasteiger partial charge in [-0.3, -0.25) is 4.79 Å². The number of esters is 1. The van der Waals surface area contributed by atoms with Gasteiger partial charge < -0.3 is 14.6 Å². The van der Waals surface area contributed by atoms with Gasteiger partial charge in [-0.05, 0) is 23.9 Å². The monoisotopic (exact) mass is 424 g/mol. The number of carbonyl (C=O) groups excluding carboxylic acids is 2. The summed E-state index contributed by atoms with van der Waals surface area (Å²) in [6.45, 7) is 1.98. The van der Waals surface area contributed by atoms with Crippen molar-refractivity contribution in [3.8, 4) is 21.8 Å². The number of anilines is 1. The smallest absolute Gasteiger partial charge is 0.341 e. The third kappa shape index (κ3) is 3.98. The molecule has 0 unspecified atom stereocenters. The zero-order valence-electron chi connectivity index (χ0n) is 15.4. The van der Waals surface area contributed by atoms with Crippen molar-refractivity contribution in [3.05, 3.63) is 70.5 Å². The van der Waals surface area contributed by atoms with E-state index >= 15 is 0 Å². The molecule has 0 aliphatic heterocycles. The number of nitrogens with zero attached hydrogens (tertiary/aromatic N) is 1. The van der Waals surface area contributed by atoms with E-state index in [2.05, 4.69) is 10.5 Å². The van der Waals surface area contributed by atoms with E-state index in [4.69, 9.17) is 9.26 Å². The lowest BCUT2D eigenvalue weighted by Gasteiger charge is -2.08. The molecule has 0 fully saturated rings. The van der Waals surface area contributed by atoms with Crippen molar-refractivity contribution in [1.82, 2.24) is 5.16 Å². The van der Waals surface area contributed by atoms with Crippen molar-refractivity contribution in [3.63, 3.8) is 0 Å². The molecule has 3 aromatic heterocycles. The van der Waals surface area contributed by atoms with Gasteiger partial charge in [-0.25, -0.2) is 4.79 Å². The molecule has 0 spiro atoms. The summed E-state index contributed by atoms with van der Waals surface area (Å²) in [6.07, 6.45) is 0. The number of rotatable bonds is 6. The Hall–Kier alpha value is -3.23. The summed E-state index contributed by atoms with van der Waals surface area (Å²) < 4.78 is 10.5. The molecule has 1 amide bonds. The van der Waals surface area contributed by atoms with E-state index in [1.807, 2.05) is 53.2 Å². The highest BCUT2D eigenvalue weighted by Gasteiger charge is 2.24. The van der Waals surface area contributed by atoms with Gasteiger partial charge in [-0.15, -0.1) is 22.7 Å². The second-order valence-electron chi connectivity index (χ2n) is 5.95. The lowest BCUT2D eigenvalue weighted by molar-refractivity contribution is 0.0529. The molecule has 29 heavy (non-hydrogen) atoms. The Labute approximate surface area is 174 Å². The van der Waals surface area contributed by atoms with Crippen LogP contribution in [0.2, 0.25) is 0 Å². The standard InChI is InChI=1S/C21H16N2O4S2/c1-2-26-21(25)18-14(13-7-4-3-5-8-13)12-29-20(18)22-19(24)15-11-16(27-23-15)17-9-6-10-28-17/h3-12H,2H2,1H3,(H,22,24). The second-order valence-corrected chi connectivity index (χ2v) is 7.78. The number of ether oxygens (including phenoxy) is 1. The molecule has 4 rings (SSSR count). The van der Waals surface area contributed by atoms with Crippen LogP contribution in [0.15, 0.2) is 63.8 Å². The Morgan fingerprint density at radius 2 is 1.97 bits per heavy atom. The summed E-state index contributed by atoms with van der Waals surface area (Å²) in [5, 5.41) is 10.8. The van der Waals surface area contributed by atoms with Crippen molar-refractivity contribution in [2.45, 2.75) is 6.92 Å². The Morgan fingerprint density at radius 1 is 1.14 bits per heavy atom. The molecule has 1 aromatic carbocycles. The van der Waals surface area contributed by atoms with E-state index < -0.39 is 11.9 Å². The molecule has 4 aromatic rings. The Kier molecular flexibility index (Phi) is 5.55. The van der Waals surface area contributed by atoms with Crippen molar-refractivity contribution in [2.75, 3.05) is 11.9 Å². The van der Waals surface area contributed by atoms with Gasteiger partial charge >= 0.3 is 5.97 Å². The van der Waals surface area contributed by atoms with Gasteiger partial charge in [-0.1, -0.05) is 41.6 Å². The third-order valence-electron chi connectivity index (χ3n) is 4.09. The van der Waals surface area contributed by atoms with Crippen LogP contribution in [0.25, 0.3) is 21.8 Å². The highest BCUT2D eigenvalue weighted by Crippen LogP contribution is 2.36. The first kappa shape index (κ1) is 19.1. The van der Waals surface area contributed by atoms with Gasteiger partial charge in [0.05, 0.1) is 11.5 Å². The molecule has 0 atom stereocenters. The van der Waals surface area contributed by atoms with Gasteiger partial charge in [0.1, 0.15) is 10.6 Å². The van der Waals surface area contributed by atoms with E-state index in [1.165, 1.54) is 22.7 Å². The van der Waals surface area contributed by atoms with Crippen LogP contribution in [0.1, 0.15) is 27.8 Å². The maximum absolute atomic E-state index is 12.7. The van der Waals surface area contributed by atoms with Gasteiger partial charge in [0, 0.05) is 17.0 Å². The van der Waals surface area contributed by atoms with Crippen LogP contribution in [0.3, 0.4) is 0 Å². The third-order valence-corrected chi connectivity index (χ3v) is 5.87. The molecular weight excluding hydrogens is 408 g/mol. The molecule has 1 N–H and O–H groups in total. The summed E-state index contributed by atoms with van der Waals surface area (Å²) >= 11 is 2.76. The summed E-state index contributed by atoms with van der Waals surface area (Å²) in [5.41, 5.74) is 2.05. The number of aromatic nitrogens is 1. The van der Waals surface area contributed by atoms with Crippen LogP contribution in [-0.2, 0) is 4.74 Å². The summed E-state index contributed by atoms with van der Waals surface area (Å²) in [5.74, 6) is -0.419.